The number of benzene rings is 6. The summed E-state index contributed by atoms with van der Waals surface area (Å²) in [5, 5.41) is 2.49. The van der Waals surface area contributed by atoms with Crippen molar-refractivity contribution in [2.24, 2.45) is 0 Å². The van der Waals surface area contributed by atoms with Crippen LogP contribution < -0.4 is 4.57 Å². The number of para-hydroxylation sites is 6. The molecule has 2 heterocycles. The van der Waals surface area contributed by atoms with Gasteiger partial charge in [-0.05, 0) is 40.3 Å². The minimum absolute atomic E-state index is 0. The summed E-state index contributed by atoms with van der Waals surface area (Å²) in [5.41, 5.74) is 9.14. The maximum Gasteiger partial charge on any atom is 4.00 e. The van der Waals surface area contributed by atoms with E-state index in [1.165, 1.54) is 21.9 Å². The zero-order chi connectivity index (χ0) is 30.1. The molecule has 0 aliphatic carbocycles. The Labute approximate surface area is 279 Å². The first-order valence-electron chi connectivity index (χ1n) is 14.9. The summed E-state index contributed by atoms with van der Waals surface area (Å²) >= 11 is 0. The van der Waals surface area contributed by atoms with Crippen LogP contribution in [0.25, 0.3) is 49.9 Å². The topological polar surface area (TPSA) is 13.7 Å². The second-order valence-electron chi connectivity index (χ2n) is 11.8. The van der Waals surface area contributed by atoms with Crippen LogP contribution in [0.2, 0.25) is 0 Å². The molecule has 8 rings (SSSR count). The second-order valence-corrected chi connectivity index (χ2v) is 11.8. The maximum absolute atomic E-state index is 3.50. The van der Waals surface area contributed by atoms with Crippen molar-refractivity contribution in [3.05, 3.63) is 170 Å². The number of hydrogen-bond donors (Lipinski definition) is 0. The van der Waals surface area contributed by atoms with Gasteiger partial charge in [0.25, 0.3) is 6.33 Å². The molecule has 8 aromatic rings. The fourth-order valence-electron chi connectivity index (χ4n) is 5.69. The van der Waals surface area contributed by atoms with Crippen molar-refractivity contribution in [3.63, 3.8) is 0 Å². The van der Waals surface area contributed by atoms with Gasteiger partial charge in [0.1, 0.15) is 0 Å². The maximum atomic E-state index is 3.50. The van der Waals surface area contributed by atoms with Crippen molar-refractivity contribution in [1.29, 1.82) is 0 Å². The Morgan fingerprint density at radius 3 is 1.96 bits per heavy atom. The summed E-state index contributed by atoms with van der Waals surface area (Å²) in [4.78, 5) is 0. The van der Waals surface area contributed by atoms with Gasteiger partial charge in [-0.25, -0.2) is 0 Å². The first kappa shape index (κ1) is 30.3. The number of imidazole rings is 1. The molecule has 0 unspecified atom stereocenters. The number of rotatable bonds is 3. The predicted octanol–water partition coefficient (Wildman–Crippen LogP) is 9.19. The molecule has 0 atom stereocenters. The molecule has 2 aromatic heterocycles. The van der Waals surface area contributed by atoms with E-state index < -0.39 is 0 Å². The molecule has 0 fully saturated rings. The van der Waals surface area contributed by atoms with E-state index in [9.17, 15) is 0 Å². The van der Waals surface area contributed by atoms with E-state index in [0.717, 1.165) is 33.6 Å². The fraction of sp³-hybridized carbons (Fsp3) is 0.0976. The Morgan fingerprint density at radius 1 is 0.578 bits per heavy atom. The van der Waals surface area contributed by atoms with Gasteiger partial charge in [0.2, 0.25) is 0 Å². The summed E-state index contributed by atoms with van der Waals surface area (Å²) in [6.45, 7) is 6.72. The number of nitrogens with zero attached hydrogens (tertiary/aromatic N) is 3. The van der Waals surface area contributed by atoms with Gasteiger partial charge >= 0.3 is 21.1 Å². The molecule has 0 saturated carbocycles. The normalized spacial score (nSPS) is 11.3. The summed E-state index contributed by atoms with van der Waals surface area (Å²) in [6.07, 6.45) is 3.50. The van der Waals surface area contributed by atoms with Gasteiger partial charge in [-0.2, -0.15) is 78.9 Å². The third kappa shape index (κ3) is 5.89. The molecule has 0 aliphatic heterocycles. The minimum atomic E-state index is 0. The monoisotopic (exact) mass is 761 g/mol. The van der Waals surface area contributed by atoms with E-state index in [1.807, 2.05) is 48.5 Å². The number of fused-ring (bicyclic) bond motifs is 4. The second kappa shape index (κ2) is 12.7. The van der Waals surface area contributed by atoms with Crippen LogP contribution in [-0.2, 0) is 26.5 Å². The van der Waals surface area contributed by atoms with Crippen LogP contribution in [0.5, 0.6) is 0 Å². The Hall–Kier alpha value is -4.72. The quantitative estimate of drug-likeness (QED) is 0.126. The molecule has 0 amide bonds. The largest absolute Gasteiger partial charge is 4.00 e. The molecule has 0 radical (unpaired) electrons. The Balaban J connectivity index is 0.000000160. The van der Waals surface area contributed by atoms with Crippen molar-refractivity contribution in [3.8, 4) is 17.1 Å². The van der Waals surface area contributed by atoms with Crippen LogP contribution in [0.15, 0.2) is 140 Å². The van der Waals surface area contributed by atoms with Crippen molar-refractivity contribution in [2.75, 3.05) is 0 Å². The van der Waals surface area contributed by atoms with Gasteiger partial charge < -0.3 is 9.13 Å². The Morgan fingerprint density at radius 2 is 1.22 bits per heavy atom. The van der Waals surface area contributed by atoms with Gasteiger partial charge in [0, 0.05) is 5.52 Å². The molecule has 3 nitrogen and oxygen atoms in total. The van der Waals surface area contributed by atoms with Crippen molar-refractivity contribution in [2.45, 2.75) is 26.2 Å². The van der Waals surface area contributed by atoms with Crippen LogP contribution in [0, 0.1) is 24.5 Å². The van der Waals surface area contributed by atoms with E-state index in [1.54, 1.807) is 0 Å². The predicted molar refractivity (Wildman–Crippen MR) is 180 cm³/mol. The zero-order valence-electron chi connectivity index (χ0n) is 25.4. The van der Waals surface area contributed by atoms with Crippen molar-refractivity contribution < 1.29 is 25.6 Å². The van der Waals surface area contributed by atoms with Crippen LogP contribution >= 0.6 is 0 Å². The standard InChI is InChI=1S/C23H21N2.C18H11N.Pt/c1-23(2,3)18-10-9-13-20(16-18)25-17-24(19-11-5-4-6-12-19)21-14-7-8-15-22(21)25;1-2-8-14(9-3-1)19-17-12-6-4-10-15(17)16-11-5-7-13-18(16)19;/h4-11,13-16H,1-3H3;1-8,10-12H;/q-1;-2;+4. The average molecular weight is 762 g/mol. The van der Waals surface area contributed by atoms with E-state index in [2.05, 4.69) is 150 Å². The first-order valence-corrected chi connectivity index (χ1v) is 14.9. The van der Waals surface area contributed by atoms with Crippen LogP contribution in [0.1, 0.15) is 26.3 Å². The van der Waals surface area contributed by atoms with Gasteiger partial charge in [-0.15, -0.1) is 11.5 Å². The summed E-state index contributed by atoms with van der Waals surface area (Å²) < 4.78 is 6.41. The number of aromatic nitrogens is 3. The third-order valence-corrected chi connectivity index (χ3v) is 7.89. The third-order valence-electron chi connectivity index (χ3n) is 7.89. The van der Waals surface area contributed by atoms with Crippen molar-refractivity contribution in [1.82, 2.24) is 9.13 Å². The molecule has 0 bridgehead atoms. The molecule has 4 heteroatoms. The van der Waals surface area contributed by atoms with Crippen LogP contribution in [-0.4, -0.2) is 9.13 Å². The van der Waals surface area contributed by atoms with E-state index in [4.69, 9.17) is 0 Å². The average Bonchev–Trinajstić information content (AvgIpc) is 3.62. The molecule has 0 aliphatic rings. The smallest absolute Gasteiger partial charge is 0.358 e. The Kier molecular flexibility index (Phi) is 8.56. The first-order chi connectivity index (χ1) is 21.5. The van der Waals surface area contributed by atoms with Gasteiger partial charge in [-0.3, -0.25) is 4.57 Å². The van der Waals surface area contributed by atoms with E-state index in [-0.39, 0.29) is 26.5 Å². The summed E-state index contributed by atoms with van der Waals surface area (Å²) in [7, 11) is 0. The summed E-state index contributed by atoms with van der Waals surface area (Å²) in [6, 6.07) is 57.7. The molecular weight excluding hydrogens is 730 g/mol. The molecule has 0 saturated heterocycles. The number of hydrogen-bond acceptors (Lipinski definition) is 0. The fourth-order valence-corrected chi connectivity index (χ4v) is 5.69. The van der Waals surface area contributed by atoms with E-state index in [0.29, 0.717) is 0 Å². The SMILES string of the molecule is CC(C)(C)c1cccc(-[n+]2[c-]n(-c3[c-]cccc3)c3ccccc32)c1.[Pt+4].[c-]1ccccc1-n1c2[c-]cccc2c2ccccc21. The molecular formula is C41H32N3Pt+. The zero-order valence-corrected chi connectivity index (χ0v) is 27.7. The Bertz CT molecular complexity index is 2150. The van der Waals surface area contributed by atoms with Gasteiger partial charge in [0.15, 0.2) is 0 Å². The molecule has 0 spiro atoms. The van der Waals surface area contributed by atoms with Gasteiger partial charge in [-0.1, -0.05) is 86.6 Å². The molecule has 220 valence electrons. The van der Waals surface area contributed by atoms with Crippen molar-refractivity contribution >= 4 is 32.8 Å². The van der Waals surface area contributed by atoms with Crippen LogP contribution in [0.4, 0.5) is 0 Å². The van der Waals surface area contributed by atoms with Gasteiger partial charge in [0.05, 0.1) is 16.7 Å². The van der Waals surface area contributed by atoms with E-state index >= 15 is 0 Å². The molecule has 0 N–H and O–H groups in total. The molecule has 45 heavy (non-hydrogen) atoms. The molecule has 6 aromatic carbocycles. The summed E-state index contributed by atoms with van der Waals surface area (Å²) in [5.74, 6) is 0. The van der Waals surface area contributed by atoms with Crippen LogP contribution in [0.3, 0.4) is 0 Å². The minimum Gasteiger partial charge on any atom is -0.358 e.